The molecule has 182 valence electrons. The summed E-state index contributed by atoms with van der Waals surface area (Å²) in [6.07, 6.45) is 2.60. The van der Waals surface area contributed by atoms with E-state index in [9.17, 15) is 19.5 Å². The van der Waals surface area contributed by atoms with Gasteiger partial charge in [0.25, 0.3) is 0 Å². The molecule has 3 fully saturated rings. The van der Waals surface area contributed by atoms with E-state index in [-0.39, 0.29) is 42.2 Å². The van der Waals surface area contributed by atoms with E-state index in [1.165, 1.54) is 22.3 Å². The van der Waals surface area contributed by atoms with Gasteiger partial charge in [-0.15, -0.1) is 0 Å². The van der Waals surface area contributed by atoms with Crippen LogP contribution in [-0.4, -0.2) is 42.3 Å². The van der Waals surface area contributed by atoms with Gasteiger partial charge in [0.2, 0.25) is 5.91 Å². The Morgan fingerprint density at radius 3 is 2.29 bits per heavy atom. The van der Waals surface area contributed by atoms with E-state index in [0.717, 1.165) is 19.3 Å². The average molecular weight is 475 g/mol. The van der Waals surface area contributed by atoms with Crippen molar-refractivity contribution in [3.8, 4) is 11.1 Å². The van der Waals surface area contributed by atoms with Gasteiger partial charge >= 0.3 is 12.1 Å². The summed E-state index contributed by atoms with van der Waals surface area (Å²) >= 11 is 0. The standard InChI is InChI=1S/C28H30N2O5/c31-26(30-25-12-15-9-16(27(32)33)10-22(15)25)23-11-17(23)13-29-28(34)35-14-24-20-7-3-1-5-18(20)19-6-2-4-8-21(19)24/h1-8,15-17,22-25H,9-14H2,(H,29,34)(H,30,31)(H,32,33)/t15-,16?,17?,22-,23?,25+/m1/s1. The van der Waals surface area contributed by atoms with Crippen LogP contribution in [0.25, 0.3) is 11.1 Å². The van der Waals surface area contributed by atoms with E-state index in [1.807, 2.05) is 24.3 Å². The molecule has 7 heteroatoms. The molecule has 0 heterocycles. The van der Waals surface area contributed by atoms with Gasteiger partial charge in [-0.2, -0.15) is 0 Å². The Bertz CT molecular complexity index is 1130. The van der Waals surface area contributed by atoms with Crippen molar-refractivity contribution in [2.75, 3.05) is 13.2 Å². The minimum Gasteiger partial charge on any atom is -0.481 e. The van der Waals surface area contributed by atoms with Crippen LogP contribution in [0.4, 0.5) is 4.79 Å². The van der Waals surface area contributed by atoms with Crippen LogP contribution in [0, 0.1) is 29.6 Å². The summed E-state index contributed by atoms with van der Waals surface area (Å²) in [6, 6.07) is 16.6. The highest BCUT2D eigenvalue weighted by Crippen LogP contribution is 2.50. The van der Waals surface area contributed by atoms with E-state index in [1.54, 1.807) is 0 Å². The molecule has 7 nitrogen and oxygen atoms in total. The maximum absolute atomic E-state index is 12.6. The third kappa shape index (κ3) is 4.07. The predicted octanol–water partition coefficient (Wildman–Crippen LogP) is 3.78. The van der Waals surface area contributed by atoms with Gasteiger partial charge in [0.05, 0.1) is 5.92 Å². The second-order valence-corrected chi connectivity index (χ2v) is 10.6. The van der Waals surface area contributed by atoms with E-state index in [4.69, 9.17) is 4.74 Å². The van der Waals surface area contributed by atoms with Crippen molar-refractivity contribution in [2.24, 2.45) is 29.6 Å². The van der Waals surface area contributed by atoms with Crippen LogP contribution in [0.1, 0.15) is 42.7 Å². The van der Waals surface area contributed by atoms with Gasteiger partial charge < -0.3 is 20.5 Å². The minimum atomic E-state index is -0.717. The number of ether oxygens (including phenoxy) is 1. The van der Waals surface area contributed by atoms with Gasteiger partial charge in [-0.25, -0.2) is 4.79 Å². The largest absolute Gasteiger partial charge is 0.481 e. The second kappa shape index (κ2) is 8.70. The molecule has 3 unspecified atom stereocenters. The Morgan fingerprint density at radius 2 is 1.60 bits per heavy atom. The number of rotatable bonds is 7. The molecule has 0 spiro atoms. The molecule has 2 aromatic carbocycles. The number of benzene rings is 2. The third-order valence-corrected chi connectivity index (χ3v) is 8.61. The highest BCUT2D eigenvalue weighted by molar-refractivity contribution is 5.82. The van der Waals surface area contributed by atoms with Crippen molar-refractivity contribution >= 4 is 18.0 Å². The number of amides is 2. The van der Waals surface area contributed by atoms with Crippen molar-refractivity contribution in [1.82, 2.24) is 10.6 Å². The highest BCUT2D eigenvalue weighted by atomic mass is 16.5. The molecule has 6 rings (SSSR count). The molecule has 35 heavy (non-hydrogen) atoms. The predicted molar refractivity (Wildman–Crippen MR) is 129 cm³/mol. The molecule has 0 saturated heterocycles. The number of carboxylic acid groups (broad SMARTS) is 1. The van der Waals surface area contributed by atoms with E-state index in [0.29, 0.717) is 24.8 Å². The SMILES string of the molecule is O=C(NCC1CC1C(=O)N[C@H]1C[C@H]2CC(C(=O)O)C[C@H]21)OCC1c2ccccc2-c2ccccc21. The van der Waals surface area contributed by atoms with E-state index < -0.39 is 12.1 Å². The quantitative estimate of drug-likeness (QED) is 0.567. The monoisotopic (exact) mass is 474 g/mol. The number of carbonyl (C=O) groups excluding carboxylic acids is 2. The first-order chi connectivity index (χ1) is 17.0. The number of carbonyl (C=O) groups is 3. The van der Waals surface area contributed by atoms with E-state index in [2.05, 4.69) is 34.9 Å². The summed E-state index contributed by atoms with van der Waals surface area (Å²) in [7, 11) is 0. The lowest BCUT2D eigenvalue weighted by atomic mass is 9.71. The lowest BCUT2D eigenvalue weighted by Gasteiger charge is -2.40. The molecule has 4 aliphatic rings. The number of hydrogen-bond acceptors (Lipinski definition) is 4. The molecule has 0 aliphatic heterocycles. The Balaban J connectivity index is 0.950. The van der Waals surface area contributed by atoms with Gasteiger partial charge in [0.1, 0.15) is 6.61 Å². The van der Waals surface area contributed by atoms with Gasteiger partial charge in [-0.3, -0.25) is 9.59 Å². The van der Waals surface area contributed by atoms with Crippen LogP contribution in [0.15, 0.2) is 48.5 Å². The van der Waals surface area contributed by atoms with E-state index >= 15 is 0 Å². The van der Waals surface area contributed by atoms with Crippen molar-refractivity contribution in [3.63, 3.8) is 0 Å². The number of carboxylic acids is 1. The maximum atomic E-state index is 12.6. The van der Waals surface area contributed by atoms with Gasteiger partial charge in [-0.05, 0) is 65.7 Å². The summed E-state index contributed by atoms with van der Waals surface area (Å²) < 4.78 is 5.58. The molecule has 3 saturated carbocycles. The van der Waals surface area contributed by atoms with Gasteiger partial charge in [0, 0.05) is 24.4 Å². The Morgan fingerprint density at radius 1 is 0.914 bits per heavy atom. The first-order valence-corrected chi connectivity index (χ1v) is 12.6. The smallest absolute Gasteiger partial charge is 0.407 e. The molecule has 0 bridgehead atoms. The lowest BCUT2D eigenvalue weighted by molar-refractivity contribution is -0.141. The lowest BCUT2D eigenvalue weighted by Crippen LogP contribution is -2.51. The number of hydrogen-bond donors (Lipinski definition) is 3. The normalized spacial score (nSPS) is 29.8. The molecule has 3 N–H and O–H groups in total. The Kier molecular flexibility index (Phi) is 5.50. The molecule has 0 radical (unpaired) electrons. The van der Waals surface area contributed by atoms with Crippen LogP contribution in [-0.2, 0) is 14.3 Å². The Hall–Kier alpha value is -3.35. The fraction of sp³-hybridized carbons (Fsp3) is 0.464. The Labute approximate surface area is 204 Å². The van der Waals surface area contributed by atoms with Crippen LogP contribution in [0.3, 0.4) is 0 Å². The first kappa shape index (κ1) is 22.1. The number of fused-ring (bicyclic) bond motifs is 4. The number of alkyl carbamates (subject to hydrolysis) is 1. The zero-order valence-corrected chi connectivity index (χ0v) is 19.5. The van der Waals surface area contributed by atoms with Crippen LogP contribution in [0.2, 0.25) is 0 Å². The van der Waals surface area contributed by atoms with Crippen molar-refractivity contribution < 1.29 is 24.2 Å². The molecule has 2 amide bonds. The van der Waals surface area contributed by atoms with Gasteiger partial charge in [-0.1, -0.05) is 48.5 Å². The molecule has 6 atom stereocenters. The second-order valence-electron chi connectivity index (χ2n) is 10.6. The van der Waals surface area contributed by atoms with Crippen LogP contribution < -0.4 is 10.6 Å². The average Bonchev–Trinajstić information content (AvgIpc) is 3.46. The molecular weight excluding hydrogens is 444 g/mol. The van der Waals surface area contributed by atoms with Crippen LogP contribution in [0.5, 0.6) is 0 Å². The topological polar surface area (TPSA) is 105 Å². The summed E-state index contributed by atoms with van der Waals surface area (Å²) in [5.74, 6) is -0.140. The zero-order valence-electron chi connectivity index (χ0n) is 19.5. The summed E-state index contributed by atoms with van der Waals surface area (Å²) in [6.45, 7) is 0.697. The maximum Gasteiger partial charge on any atom is 0.407 e. The fourth-order valence-electron chi connectivity index (χ4n) is 6.54. The molecule has 4 aliphatic carbocycles. The van der Waals surface area contributed by atoms with Gasteiger partial charge in [0.15, 0.2) is 0 Å². The third-order valence-electron chi connectivity index (χ3n) is 8.61. The highest BCUT2D eigenvalue weighted by Gasteiger charge is 2.51. The van der Waals surface area contributed by atoms with Crippen molar-refractivity contribution in [2.45, 2.75) is 37.6 Å². The summed E-state index contributed by atoms with van der Waals surface area (Å²) in [4.78, 5) is 36.3. The zero-order chi connectivity index (χ0) is 24.1. The molecule has 0 aromatic heterocycles. The fourth-order valence-corrected chi connectivity index (χ4v) is 6.54. The van der Waals surface area contributed by atoms with Crippen molar-refractivity contribution in [3.05, 3.63) is 59.7 Å². The first-order valence-electron chi connectivity index (χ1n) is 12.6. The number of nitrogens with one attached hydrogen (secondary N) is 2. The molecule has 2 aromatic rings. The minimum absolute atomic E-state index is 0.0233. The summed E-state index contributed by atoms with van der Waals surface area (Å²) in [5.41, 5.74) is 4.74. The summed E-state index contributed by atoms with van der Waals surface area (Å²) in [5, 5.41) is 15.2. The van der Waals surface area contributed by atoms with Crippen molar-refractivity contribution in [1.29, 1.82) is 0 Å². The molecular formula is C28H30N2O5. The van der Waals surface area contributed by atoms with Crippen LogP contribution >= 0.6 is 0 Å². The number of aliphatic carboxylic acids is 1.